The number of ether oxygens (including phenoxy) is 7. The molecule has 0 aromatic rings. The average Bonchev–Trinajstić information content (AvgIpc) is 2.92. The third kappa shape index (κ3) is 20.4. The molecule has 0 saturated carbocycles. The molecule has 1 unspecified atom stereocenters. The molecular formula is C26H51N5O11S. The first-order valence-corrected chi connectivity index (χ1v) is 16.4. The zero-order valence-corrected chi connectivity index (χ0v) is 27.0. The van der Waals surface area contributed by atoms with Gasteiger partial charge in [-0.25, -0.2) is 13.2 Å². The number of sulfone groups is 1. The Bertz CT molecular complexity index is 924. The highest BCUT2D eigenvalue weighted by atomic mass is 32.2. The van der Waals surface area contributed by atoms with Crippen LogP contribution < -0.4 is 11.1 Å². The van der Waals surface area contributed by atoms with Crippen molar-refractivity contribution in [3.63, 3.8) is 0 Å². The van der Waals surface area contributed by atoms with Crippen LogP contribution in [-0.4, -0.2) is 124 Å². The van der Waals surface area contributed by atoms with Gasteiger partial charge < -0.3 is 44.2 Å². The molecule has 0 aliphatic rings. The van der Waals surface area contributed by atoms with Crippen LogP contribution in [0, 0.1) is 11.3 Å². The lowest BCUT2D eigenvalue weighted by atomic mass is 9.73. The molecule has 17 heteroatoms. The molecule has 0 bridgehead atoms. The lowest BCUT2D eigenvalue weighted by Crippen LogP contribution is -2.56. The van der Waals surface area contributed by atoms with E-state index in [1.807, 2.05) is 13.8 Å². The molecule has 0 aliphatic carbocycles. The lowest BCUT2D eigenvalue weighted by Gasteiger charge is -2.47. The summed E-state index contributed by atoms with van der Waals surface area (Å²) in [7, 11) is -3.51. The molecule has 0 radical (unpaired) electrons. The Morgan fingerprint density at radius 2 is 1.42 bits per heavy atom. The van der Waals surface area contributed by atoms with Crippen LogP contribution in [0.2, 0.25) is 0 Å². The van der Waals surface area contributed by atoms with Gasteiger partial charge in [0.1, 0.15) is 9.84 Å². The molecule has 1 atom stereocenters. The predicted molar refractivity (Wildman–Crippen MR) is 158 cm³/mol. The van der Waals surface area contributed by atoms with E-state index in [9.17, 15) is 18.0 Å². The van der Waals surface area contributed by atoms with Crippen LogP contribution in [0.1, 0.15) is 40.5 Å². The average molecular weight is 642 g/mol. The van der Waals surface area contributed by atoms with E-state index in [1.165, 1.54) is 0 Å². The van der Waals surface area contributed by atoms with Gasteiger partial charge in [0.2, 0.25) is 5.91 Å². The summed E-state index contributed by atoms with van der Waals surface area (Å²) in [6.07, 6.45) is 0.309. The van der Waals surface area contributed by atoms with Crippen molar-refractivity contribution in [3.05, 3.63) is 10.4 Å². The second kappa shape index (κ2) is 23.2. The van der Waals surface area contributed by atoms with Crippen molar-refractivity contribution >= 4 is 21.8 Å². The molecule has 0 spiro atoms. The molecule has 0 rings (SSSR count). The first-order chi connectivity index (χ1) is 20.3. The third-order valence-corrected chi connectivity index (χ3v) is 7.08. The molecule has 252 valence electrons. The minimum atomic E-state index is -3.51. The number of rotatable bonds is 28. The molecule has 3 N–H and O–H groups in total. The quantitative estimate of drug-likeness (QED) is 0.0412. The van der Waals surface area contributed by atoms with Gasteiger partial charge in [0.15, 0.2) is 5.79 Å². The summed E-state index contributed by atoms with van der Waals surface area (Å²) in [6.45, 7) is 10.6. The number of amides is 2. The van der Waals surface area contributed by atoms with E-state index in [4.69, 9.17) is 44.4 Å². The monoisotopic (exact) mass is 641 g/mol. The number of azide groups is 1. The fourth-order valence-electron chi connectivity index (χ4n) is 4.21. The predicted octanol–water partition coefficient (Wildman–Crippen LogP) is 1.81. The highest BCUT2D eigenvalue weighted by Gasteiger charge is 2.50. The summed E-state index contributed by atoms with van der Waals surface area (Å²) < 4.78 is 63.4. The molecule has 0 aromatic heterocycles. The molecule has 0 fully saturated rings. The topological polar surface area (TPSA) is 220 Å². The van der Waals surface area contributed by atoms with Gasteiger partial charge in [-0.2, -0.15) is 0 Å². The molecule has 0 saturated heterocycles. The van der Waals surface area contributed by atoms with Crippen LogP contribution in [0.15, 0.2) is 5.11 Å². The van der Waals surface area contributed by atoms with Gasteiger partial charge in [-0.1, -0.05) is 19.0 Å². The summed E-state index contributed by atoms with van der Waals surface area (Å²) in [6, 6.07) is 0. The Hall–Kier alpha value is -2.24. The number of hydrogen-bond acceptors (Lipinski definition) is 12. The van der Waals surface area contributed by atoms with Gasteiger partial charge >= 0.3 is 6.09 Å². The Morgan fingerprint density at radius 1 is 0.907 bits per heavy atom. The fourth-order valence-corrected chi connectivity index (χ4v) is 5.52. The van der Waals surface area contributed by atoms with Crippen LogP contribution in [0.3, 0.4) is 0 Å². The second-order valence-corrected chi connectivity index (χ2v) is 12.3. The van der Waals surface area contributed by atoms with Crippen LogP contribution in [0.4, 0.5) is 4.79 Å². The van der Waals surface area contributed by atoms with Crippen LogP contribution in [0.5, 0.6) is 0 Å². The summed E-state index contributed by atoms with van der Waals surface area (Å²) >= 11 is 0. The molecule has 43 heavy (non-hydrogen) atoms. The normalized spacial score (nSPS) is 12.9. The first kappa shape index (κ1) is 40.8. The maximum Gasteiger partial charge on any atom is 0.404 e. The van der Waals surface area contributed by atoms with E-state index in [2.05, 4.69) is 15.3 Å². The maximum atomic E-state index is 12.6. The number of carbonyl (C=O) groups is 2. The van der Waals surface area contributed by atoms with Crippen molar-refractivity contribution < 1.29 is 51.2 Å². The Kier molecular flexibility index (Phi) is 22.0. The highest BCUT2D eigenvalue weighted by Crippen LogP contribution is 2.41. The van der Waals surface area contributed by atoms with E-state index in [1.54, 1.807) is 13.8 Å². The second-order valence-electron chi connectivity index (χ2n) is 10.2. The molecule has 16 nitrogen and oxygen atoms in total. The van der Waals surface area contributed by atoms with Crippen LogP contribution in [0.25, 0.3) is 10.4 Å². The minimum Gasteiger partial charge on any atom is -0.449 e. The smallest absolute Gasteiger partial charge is 0.404 e. The summed E-state index contributed by atoms with van der Waals surface area (Å²) in [5.74, 6) is -2.70. The highest BCUT2D eigenvalue weighted by molar-refractivity contribution is 7.90. The number of hydrogen-bond donors (Lipinski definition) is 2. The van der Waals surface area contributed by atoms with Gasteiger partial charge in [-0.3, -0.25) is 4.79 Å². The molecule has 0 aliphatic heterocycles. The first-order valence-electron chi connectivity index (χ1n) is 14.3. The Labute approximate surface area is 255 Å². The van der Waals surface area contributed by atoms with Crippen LogP contribution >= 0.6 is 0 Å². The number of nitrogens with zero attached hydrogens (tertiary/aromatic N) is 3. The zero-order chi connectivity index (χ0) is 32.6. The summed E-state index contributed by atoms with van der Waals surface area (Å²) in [5.41, 5.74) is 12.5. The van der Waals surface area contributed by atoms with Gasteiger partial charge in [0.25, 0.3) is 0 Å². The standard InChI is InChI=1S/C26H51N5O11S/c1-6-41-26(42-7-2,9-12-40-24(27)33)22(20-43(5,34)35)25(3,4)21-29-23(32)8-11-36-14-16-38-18-19-39-17-15-37-13-10-30-31-28/h22H,6-21H2,1-5H3,(H2,27,33)(H,29,32). The fraction of sp³-hybridized carbons (Fsp3) is 0.923. The maximum absolute atomic E-state index is 12.6. The van der Waals surface area contributed by atoms with Gasteiger partial charge in [-0.05, 0) is 24.8 Å². The van der Waals surface area contributed by atoms with E-state index < -0.39 is 33.1 Å². The number of nitrogens with two attached hydrogens (primary N) is 1. The largest absolute Gasteiger partial charge is 0.449 e. The molecular weight excluding hydrogens is 590 g/mol. The van der Waals surface area contributed by atoms with Gasteiger partial charge in [0, 0.05) is 56.2 Å². The lowest BCUT2D eigenvalue weighted by molar-refractivity contribution is -0.282. The van der Waals surface area contributed by atoms with Gasteiger partial charge in [0.05, 0.1) is 65.2 Å². The zero-order valence-electron chi connectivity index (χ0n) is 26.2. The van der Waals surface area contributed by atoms with Crippen LogP contribution in [-0.2, 0) is 47.8 Å². The Morgan fingerprint density at radius 3 is 1.88 bits per heavy atom. The van der Waals surface area contributed by atoms with Crippen molar-refractivity contribution in [1.82, 2.24) is 5.32 Å². The van der Waals surface area contributed by atoms with Crippen molar-refractivity contribution in [2.24, 2.45) is 22.2 Å². The number of nitrogens with one attached hydrogen (secondary N) is 1. The van der Waals surface area contributed by atoms with E-state index >= 15 is 0 Å². The Balaban J connectivity index is 4.71. The third-order valence-electron chi connectivity index (χ3n) is 6.15. The minimum absolute atomic E-state index is 0.0474. The van der Waals surface area contributed by atoms with Crippen molar-refractivity contribution in [1.29, 1.82) is 0 Å². The van der Waals surface area contributed by atoms with Crippen molar-refractivity contribution in [3.8, 4) is 0 Å². The van der Waals surface area contributed by atoms with Crippen molar-refractivity contribution in [2.75, 3.05) is 97.8 Å². The van der Waals surface area contributed by atoms with E-state index in [-0.39, 0.29) is 64.0 Å². The summed E-state index contributed by atoms with van der Waals surface area (Å²) in [4.78, 5) is 26.3. The number of primary amides is 1. The molecule has 2 amide bonds. The summed E-state index contributed by atoms with van der Waals surface area (Å²) in [5, 5.41) is 6.22. The van der Waals surface area contributed by atoms with E-state index in [0.717, 1.165) is 6.26 Å². The molecule has 0 heterocycles. The van der Waals surface area contributed by atoms with E-state index in [0.29, 0.717) is 46.2 Å². The van der Waals surface area contributed by atoms with Crippen molar-refractivity contribution in [2.45, 2.75) is 46.3 Å². The number of carbonyl (C=O) groups excluding carboxylic acids is 2. The van der Waals surface area contributed by atoms with Gasteiger partial charge in [-0.15, -0.1) is 0 Å². The SMILES string of the molecule is CCOC(CCOC(N)=O)(OCC)C(CS(C)(=O)=O)C(C)(C)CNC(=O)CCOCCOCCOCCOCCN=[N+]=[N-]. The molecule has 0 aromatic carbocycles.